The molecule has 6 nitrogen and oxygen atoms in total. The molecule has 1 unspecified atom stereocenters. The minimum absolute atomic E-state index is 0.0888. The first-order valence-corrected chi connectivity index (χ1v) is 11.2. The maximum atomic E-state index is 12.7. The summed E-state index contributed by atoms with van der Waals surface area (Å²) in [6.07, 6.45) is 4.98. The first kappa shape index (κ1) is 21.3. The van der Waals surface area contributed by atoms with Crippen LogP contribution in [0.3, 0.4) is 0 Å². The van der Waals surface area contributed by atoms with E-state index >= 15 is 0 Å². The summed E-state index contributed by atoms with van der Waals surface area (Å²) in [5.74, 6) is 0. The largest absolute Gasteiger partial charge is 0.374 e. The van der Waals surface area contributed by atoms with Crippen LogP contribution >= 0.6 is 15.9 Å². The zero-order valence-electron chi connectivity index (χ0n) is 18.1. The molecule has 3 aromatic heterocycles. The minimum atomic E-state index is -1.49. The maximum absolute atomic E-state index is 12.7. The van der Waals surface area contributed by atoms with Gasteiger partial charge < -0.3 is 14.2 Å². The minimum Gasteiger partial charge on any atom is -0.374 e. The lowest BCUT2D eigenvalue weighted by Gasteiger charge is -2.30. The standard InChI is InChI=1S/C26H21BrN4O2/c1-30-16-28-15-23(30)26(33,19-10-11-29-24(27)13-19)18-8-9-22-21(12-18)20(14-25(32)31(22)2)17-6-4-3-5-7-17/h3-16,33H,1-2H3. The molecule has 0 aliphatic rings. The van der Waals surface area contributed by atoms with Gasteiger partial charge in [-0.05, 0) is 62.4 Å². The third-order valence-corrected chi connectivity index (χ3v) is 6.51. The lowest BCUT2D eigenvalue weighted by molar-refractivity contribution is 0.117. The molecule has 0 spiro atoms. The summed E-state index contributed by atoms with van der Waals surface area (Å²) in [6.45, 7) is 0. The molecule has 1 atom stereocenters. The predicted octanol–water partition coefficient (Wildman–Crippen LogP) is 4.38. The van der Waals surface area contributed by atoms with E-state index in [0.717, 1.165) is 22.0 Å². The molecular weight excluding hydrogens is 480 g/mol. The van der Waals surface area contributed by atoms with E-state index in [4.69, 9.17) is 0 Å². The number of aliphatic hydroxyl groups is 1. The van der Waals surface area contributed by atoms with Gasteiger partial charge in [-0.2, -0.15) is 0 Å². The Balaban J connectivity index is 1.85. The van der Waals surface area contributed by atoms with Crippen LogP contribution in [0.1, 0.15) is 16.8 Å². The molecule has 0 radical (unpaired) electrons. The van der Waals surface area contributed by atoms with Crippen LogP contribution in [0.2, 0.25) is 0 Å². The van der Waals surface area contributed by atoms with E-state index in [0.29, 0.717) is 21.4 Å². The first-order chi connectivity index (χ1) is 15.9. The van der Waals surface area contributed by atoms with Crippen molar-refractivity contribution in [1.82, 2.24) is 19.1 Å². The fraction of sp³-hybridized carbons (Fsp3) is 0.115. The van der Waals surface area contributed by atoms with E-state index in [2.05, 4.69) is 25.9 Å². The summed E-state index contributed by atoms with van der Waals surface area (Å²) in [5.41, 5.74) is 2.89. The second-order valence-corrected chi connectivity index (χ2v) is 8.83. The van der Waals surface area contributed by atoms with Gasteiger partial charge >= 0.3 is 0 Å². The second kappa shape index (κ2) is 8.10. The Morgan fingerprint density at radius 2 is 1.73 bits per heavy atom. The molecule has 164 valence electrons. The third kappa shape index (κ3) is 3.50. The lowest BCUT2D eigenvalue weighted by Crippen LogP contribution is -2.31. The number of nitrogens with zero attached hydrogens (tertiary/aromatic N) is 4. The highest BCUT2D eigenvalue weighted by Gasteiger charge is 2.37. The van der Waals surface area contributed by atoms with Crippen LogP contribution in [-0.2, 0) is 19.7 Å². The summed E-state index contributed by atoms with van der Waals surface area (Å²) >= 11 is 3.43. The summed E-state index contributed by atoms with van der Waals surface area (Å²) in [7, 11) is 3.61. The number of hydrogen-bond donors (Lipinski definition) is 1. The first-order valence-electron chi connectivity index (χ1n) is 10.4. The molecule has 7 heteroatoms. The normalized spacial score (nSPS) is 13.2. The van der Waals surface area contributed by atoms with E-state index in [1.165, 1.54) is 0 Å². The Kier molecular flexibility index (Phi) is 5.23. The van der Waals surface area contributed by atoms with Gasteiger partial charge in [-0.3, -0.25) is 4.79 Å². The maximum Gasteiger partial charge on any atom is 0.251 e. The highest BCUT2D eigenvalue weighted by Crippen LogP contribution is 2.39. The van der Waals surface area contributed by atoms with Gasteiger partial charge in [0.1, 0.15) is 4.60 Å². The van der Waals surface area contributed by atoms with E-state index in [1.54, 1.807) is 53.1 Å². The highest BCUT2D eigenvalue weighted by atomic mass is 79.9. The number of benzene rings is 2. The topological polar surface area (TPSA) is 72.9 Å². The Labute approximate surface area is 198 Å². The van der Waals surface area contributed by atoms with Crippen LogP contribution in [0, 0.1) is 0 Å². The highest BCUT2D eigenvalue weighted by molar-refractivity contribution is 9.10. The van der Waals surface area contributed by atoms with E-state index in [-0.39, 0.29) is 5.56 Å². The number of rotatable bonds is 4. The van der Waals surface area contributed by atoms with Crippen molar-refractivity contribution in [3.63, 3.8) is 0 Å². The number of hydrogen-bond acceptors (Lipinski definition) is 4. The molecule has 1 N–H and O–H groups in total. The summed E-state index contributed by atoms with van der Waals surface area (Å²) in [4.78, 5) is 21.2. The molecule has 3 heterocycles. The molecule has 0 aliphatic carbocycles. The monoisotopic (exact) mass is 500 g/mol. The zero-order chi connectivity index (χ0) is 23.2. The molecule has 0 amide bonds. The molecule has 0 fully saturated rings. The van der Waals surface area contributed by atoms with Crippen LogP contribution in [0.4, 0.5) is 0 Å². The Bertz CT molecular complexity index is 1540. The number of aryl methyl sites for hydroxylation is 2. The van der Waals surface area contributed by atoms with Gasteiger partial charge in [-0.15, -0.1) is 0 Å². The van der Waals surface area contributed by atoms with Crippen molar-refractivity contribution in [2.75, 3.05) is 0 Å². The van der Waals surface area contributed by atoms with Crippen molar-refractivity contribution in [3.8, 4) is 11.1 Å². The Hall–Kier alpha value is -3.55. The van der Waals surface area contributed by atoms with Gasteiger partial charge in [0, 0.05) is 31.7 Å². The molecule has 0 saturated carbocycles. The Morgan fingerprint density at radius 1 is 0.970 bits per heavy atom. The van der Waals surface area contributed by atoms with Crippen LogP contribution in [-0.4, -0.2) is 24.2 Å². The number of fused-ring (bicyclic) bond motifs is 1. The zero-order valence-corrected chi connectivity index (χ0v) is 19.7. The van der Waals surface area contributed by atoms with Gasteiger partial charge in [0.2, 0.25) is 0 Å². The van der Waals surface area contributed by atoms with Gasteiger partial charge in [0.25, 0.3) is 5.56 Å². The SMILES string of the molecule is Cn1cncc1C(O)(c1ccnc(Br)c1)c1ccc2c(c1)c(-c1ccccc1)cc(=O)n2C. The van der Waals surface area contributed by atoms with E-state index < -0.39 is 5.60 Å². The average Bonchev–Trinajstić information content (AvgIpc) is 3.27. The van der Waals surface area contributed by atoms with Crippen molar-refractivity contribution in [3.05, 3.63) is 117 Å². The van der Waals surface area contributed by atoms with Crippen LogP contribution in [0.25, 0.3) is 22.0 Å². The molecule has 0 bridgehead atoms. The predicted molar refractivity (Wildman–Crippen MR) is 132 cm³/mol. The molecule has 2 aromatic carbocycles. The average molecular weight is 501 g/mol. The second-order valence-electron chi connectivity index (χ2n) is 8.02. The van der Waals surface area contributed by atoms with Crippen molar-refractivity contribution < 1.29 is 5.11 Å². The van der Waals surface area contributed by atoms with E-state index in [9.17, 15) is 9.90 Å². The molecule has 5 aromatic rings. The van der Waals surface area contributed by atoms with Crippen molar-refractivity contribution in [2.24, 2.45) is 14.1 Å². The van der Waals surface area contributed by atoms with Crippen LogP contribution < -0.4 is 5.56 Å². The van der Waals surface area contributed by atoms with Gasteiger partial charge in [0.05, 0.1) is 23.7 Å². The molecular formula is C26H21BrN4O2. The fourth-order valence-electron chi connectivity index (χ4n) is 4.34. The number of imidazole rings is 1. The van der Waals surface area contributed by atoms with Crippen molar-refractivity contribution in [2.45, 2.75) is 5.60 Å². The summed E-state index contributed by atoms with van der Waals surface area (Å²) in [5, 5.41) is 13.2. The number of aromatic nitrogens is 4. The Morgan fingerprint density at radius 3 is 2.42 bits per heavy atom. The lowest BCUT2D eigenvalue weighted by atomic mass is 9.83. The molecule has 5 rings (SSSR count). The van der Waals surface area contributed by atoms with E-state index in [1.807, 2.05) is 55.6 Å². The van der Waals surface area contributed by atoms with Crippen LogP contribution in [0.5, 0.6) is 0 Å². The molecule has 33 heavy (non-hydrogen) atoms. The van der Waals surface area contributed by atoms with Crippen molar-refractivity contribution >= 4 is 26.8 Å². The summed E-state index contributed by atoms with van der Waals surface area (Å²) in [6, 6.07) is 20.7. The smallest absolute Gasteiger partial charge is 0.251 e. The third-order valence-electron chi connectivity index (χ3n) is 6.08. The fourth-order valence-corrected chi connectivity index (χ4v) is 4.70. The van der Waals surface area contributed by atoms with Gasteiger partial charge in [-0.25, -0.2) is 9.97 Å². The van der Waals surface area contributed by atoms with Crippen LogP contribution in [0.15, 0.2) is 94.8 Å². The number of halogens is 1. The van der Waals surface area contributed by atoms with Crippen molar-refractivity contribution in [1.29, 1.82) is 0 Å². The summed E-state index contributed by atoms with van der Waals surface area (Å²) < 4.78 is 4.04. The molecule has 0 saturated heterocycles. The van der Waals surface area contributed by atoms with Gasteiger partial charge in [-0.1, -0.05) is 36.4 Å². The van der Waals surface area contributed by atoms with Gasteiger partial charge in [0.15, 0.2) is 5.60 Å². The molecule has 0 aliphatic heterocycles. The number of pyridine rings is 2. The quantitative estimate of drug-likeness (QED) is 0.371.